The second kappa shape index (κ2) is 21.3. The highest BCUT2D eigenvalue weighted by atomic mass is 32.2. The molecule has 2 N–H and O–H groups in total. The van der Waals surface area contributed by atoms with Crippen LogP contribution in [0.4, 0.5) is 4.79 Å². The normalized spacial score (nSPS) is 20.5. The molecule has 2 fully saturated rings. The Labute approximate surface area is 340 Å². The maximum absolute atomic E-state index is 13.8. The lowest BCUT2D eigenvalue weighted by Crippen LogP contribution is -2.51. The van der Waals surface area contributed by atoms with E-state index in [0.29, 0.717) is 31.5 Å². The average molecular weight is 839 g/mol. The number of hydrogen-bond donors (Lipinski definition) is 2. The molecule has 0 radical (unpaired) electrons. The first-order valence-electron chi connectivity index (χ1n) is 19.9. The Morgan fingerprint density at radius 3 is 2.18 bits per heavy atom. The van der Waals surface area contributed by atoms with Gasteiger partial charge >= 0.3 is 12.1 Å². The molecule has 0 aromatic heterocycles. The Morgan fingerprint density at radius 2 is 1.63 bits per heavy atom. The number of aliphatic hydroxyl groups is 1. The summed E-state index contributed by atoms with van der Waals surface area (Å²) in [6.07, 6.45) is -1.29. The fourth-order valence-electron chi connectivity index (χ4n) is 6.62. The number of nitrogens with one attached hydrogen (secondary N) is 1. The molecule has 1 unspecified atom stereocenters. The van der Waals surface area contributed by atoms with E-state index in [2.05, 4.69) is 5.32 Å². The Balaban J connectivity index is 0.000000689. The number of hydrogen-bond acceptors (Lipinski definition) is 11. The fraction of sp³-hybridized carbons (Fsp3) is 0.667. The number of rotatable bonds is 17. The highest BCUT2D eigenvalue weighted by Gasteiger charge is 2.44. The number of methoxy groups -OCH3 is 1. The molecule has 13 nitrogen and oxygen atoms in total. The molecule has 0 bridgehead atoms. The molecule has 4 rings (SSSR count). The van der Waals surface area contributed by atoms with Crippen LogP contribution >= 0.6 is 7.14 Å². The van der Waals surface area contributed by atoms with E-state index in [1.165, 1.54) is 23.5 Å². The van der Waals surface area contributed by atoms with E-state index < -0.39 is 41.5 Å². The predicted octanol–water partition coefficient (Wildman–Crippen LogP) is 7.11. The van der Waals surface area contributed by atoms with Crippen molar-refractivity contribution in [2.75, 3.05) is 53.3 Å². The largest absolute Gasteiger partial charge is 0.497 e. The lowest BCUT2D eigenvalue weighted by atomic mass is 9.82. The van der Waals surface area contributed by atoms with Crippen molar-refractivity contribution >= 4 is 29.2 Å². The van der Waals surface area contributed by atoms with Crippen molar-refractivity contribution in [3.63, 3.8) is 0 Å². The second-order valence-corrected chi connectivity index (χ2v) is 22.5. The number of benzene rings is 2. The van der Waals surface area contributed by atoms with Gasteiger partial charge in [-0.25, -0.2) is 13.2 Å². The zero-order chi connectivity index (χ0) is 42.7. The molecule has 2 aliphatic rings. The number of fused-ring (bicyclic) bond motifs is 1. The molecule has 0 aliphatic carbocycles. The number of esters is 1. The number of nitrogens with zero attached hydrogens (tertiary/aromatic N) is 1. The molecule has 2 aromatic rings. The maximum Gasteiger partial charge on any atom is 0.407 e. The van der Waals surface area contributed by atoms with Crippen LogP contribution < -0.4 is 10.1 Å². The van der Waals surface area contributed by atoms with Gasteiger partial charge < -0.3 is 38.7 Å². The Kier molecular flexibility index (Phi) is 18.1. The van der Waals surface area contributed by atoms with Crippen molar-refractivity contribution in [1.29, 1.82) is 0 Å². The van der Waals surface area contributed by atoms with E-state index in [4.69, 9.17) is 23.7 Å². The van der Waals surface area contributed by atoms with Crippen molar-refractivity contribution in [1.82, 2.24) is 9.62 Å². The van der Waals surface area contributed by atoms with Gasteiger partial charge in [-0.2, -0.15) is 4.31 Å². The number of alkyl carbamates (subject to hydrolysis) is 1. The lowest BCUT2D eigenvalue weighted by molar-refractivity contribution is -0.150. The molecule has 0 saturated carbocycles. The van der Waals surface area contributed by atoms with Crippen molar-refractivity contribution in [3.8, 4) is 5.75 Å². The van der Waals surface area contributed by atoms with Gasteiger partial charge in [-0.15, -0.1) is 0 Å². The second-order valence-electron chi connectivity index (χ2n) is 17.1. The SMILES string of the molecule is CCOC(=O)[C@H](C)C(C)(C)C.COc1ccc(S(=O)(=O)N(CC(C)C)C[C@@H](O)[C@H](CC(C)c2ccc(CP(C)(C)=O)cc2)NC(=O)O[C@H]2CO[C@H]3OCC[C@H]32)cc1. The third-order valence-corrected chi connectivity index (χ3v) is 13.3. The van der Waals surface area contributed by atoms with Crippen LogP contribution in [0.15, 0.2) is 53.4 Å². The minimum atomic E-state index is -3.99. The molecule has 15 heteroatoms. The van der Waals surface area contributed by atoms with Gasteiger partial charge in [0, 0.05) is 19.3 Å². The van der Waals surface area contributed by atoms with Crippen molar-refractivity contribution < 1.29 is 51.4 Å². The zero-order valence-corrected chi connectivity index (χ0v) is 37.4. The number of ether oxygens (including phenoxy) is 5. The number of sulfonamides is 1. The molecule has 1 amide bonds. The summed E-state index contributed by atoms with van der Waals surface area (Å²) in [5, 5.41) is 14.5. The van der Waals surface area contributed by atoms with Gasteiger partial charge in [0.15, 0.2) is 6.29 Å². The number of carbonyl (C=O) groups is 2. The molecular formula is C42H67N2O11PS. The third-order valence-electron chi connectivity index (χ3n) is 10.3. The van der Waals surface area contributed by atoms with Gasteiger partial charge in [0.2, 0.25) is 10.0 Å². The summed E-state index contributed by atoms with van der Waals surface area (Å²) in [7, 11) is -4.71. The minimum Gasteiger partial charge on any atom is -0.497 e. The van der Waals surface area contributed by atoms with Gasteiger partial charge in [-0.05, 0) is 85.7 Å². The van der Waals surface area contributed by atoms with Crippen LogP contribution in [0.3, 0.4) is 0 Å². The van der Waals surface area contributed by atoms with Crippen LogP contribution in [0.25, 0.3) is 0 Å². The summed E-state index contributed by atoms with van der Waals surface area (Å²) < 4.78 is 68.1. The molecule has 57 heavy (non-hydrogen) atoms. The van der Waals surface area contributed by atoms with Crippen LogP contribution in [-0.2, 0) is 44.5 Å². The molecule has 322 valence electrons. The van der Waals surface area contributed by atoms with E-state index in [0.717, 1.165) is 17.5 Å². The summed E-state index contributed by atoms with van der Waals surface area (Å²) in [6, 6.07) is 13.1. The van der Waals surface area contributed by atoms with E-state index >= 15 is 0 Å². The van der Waals surface area contributed by atoms with Crippen molar-refractivity contribution in [2.24, 2.45) is 23.2 Å². The summed E-state index contributed by atoms with van der Waals surface area (Å²) in [4.78, 5) is 24.5. The molecule has 2 aliphatic heterocycles. The highest BCUT2D eigenvalue weighted by molar-refractivity contribution is 7.89. The highest BCUT2D eigenvalue weighted by Crippen LogP contribution is 2.40. The van der Waals surface area contributed by atoms with Gasteiger partial charge in [-0.3, -0.25) is 4.79 Å². The standard InChI is InChI=1S/C33H49N2O9PS.C9H18O2/c1-22(2)18-35(46(39,40)27-13-11-26(41-4)12-14-27)19-30(36)29(34-33(37)44-31-20-43-32-28(31)15-16-42-32)17-23(3)25-9-7-24(8-10-25)21-45(5,6)38;1-6-11-8(10)7(2)9(3,4)5/h7-14,22-23,28-32,36H,15-21H2,1-6H3,(H,34,37);7H,6H2,1-5H3/t23?,28-,29-,30+,31-,32+;7-/m00/s1. The van der Waals surface area contributed by atoms with E-state index in [-0.39, 0.29) is 65.9 Å². The van der Waals surface area contributed by atoms with Crippen molar-refractivity contribution in [2.45, 2.75) is 110 Å². The number of amides is 1. The van der Waals surface area contributed by atoms with Gasteiger partial charge in [0.25, 0.3) is 0 Å². The predicted molar refractivity (Wildman–Crippen MR) is 221 cm³/mol. The fourth-order valence-corrected chi connectivity index (χ4v) is 9.33. The van der Waals surface area contributed by atoms with Crippen LogP contribution in [-0.4, -0.2) is 108 Å². The Bertz CT molecular complexity index is 1730. The van der Waals surface area contributed by atoms with Crippen LogP contribution in [0, 0.1) is 23.2 Å². The van der Waals surface area contributed by atoms with Gasteiger partial charge in [0.1, 0.15) is 11.9 Å². The summed E-state index contributed by atoms with van der Waals surface area (Å²) >= 11 is 0. The van der Waals surface area contributed by atoms with Crippen molar-refractivity contribution in [3.05, 3.63) is 59.7 Å². The van der Waals surface area contributed by atoms with E-state index in [9.17, 15) is 27.7 Å². The third kappa shape index (κ3) is 15.0. The average Bonchev–Trinajstić information content (AvgIpc) is 3.75. The van der Waals surface area contributed by atoms with Crippen LogP contribution in [0.1, 0.15) is 85.3 Å². The quantitative estimate of drug-likeness (QED) is 0.123. The van der Waals surface area contributed by atoms with Crippen LogP contribution in [0.2, 0.25) is 0 Å². The Hall–Kier alpha value is -3.00. The monoisotopic (exact) mass is 838 g/mol. The lowest BCUT2D eigenvalue weighted by Gasteiger charge is -2.32. The molecule has 2 aromatic carbocycles. The number of carbonyl (C=O) groups excluding carboxylic acids is 2. The summed E-state index contributed by atoms with van der Waals surface area (Å²) in [5.41, 5.74) is 1.95. The molecule has 0 spiro atoms. The number of aliphatic hydroxyl groups excluding tert-OH is 1. The Morgan fingerprint density at radius 1 is 1.00 bits per heavy atom. The summed E-state index contributed by atoms with van der Waals surface area (Å²) in [5.74, 6) is 0.204. The molecule has 2 heterocycles. The summed E-state index contributed by atoms with van der Waals surface area (Å²) in [6.45, 7) is 20.3. The molecular weight excluding hydrogens is 772 g/mol. The smallest absolute Gasteiger partial charge is 0.407 e. The molecule has 2 saturated heterocycles. The first-order valence-corrected chi connectivity index (χ1v) is 24.1. The van der Waals surface area contributed by atoms with Gasteiger partial charge in [-0.1, -0.05) is 72.7 Å². The van der Waals surface area contributed by atoms with E-state index in [1.54, 1.807) is 25.5 Å². The van der Waals surface area contributed by atoms with Crippen LogP contribution in [0.5, 0.6) is 5.75 Å². The minimum absolute atomic E-state index is 0.00620. The molecule has 7 atom stereocenters. The van der Waals surface area contributed by atoms with Gasteiger partial charge in [0.05, 0.1) is 62.9 Å². The van der Waals surface area contributed by atoms with E-state index in [1.807, 2.05) is 79.7 Å². The topological polar surface area (TPSA) is 167 Å². The maximum atomic E-state index is 13.8. The first kappa shape index (κ1) is 48.4. The first-order chi connectivity index (χ1) is 26.5. The zero-order valence-electron chi connectivity index (χ0n) is 35.7.